The first kappa shape index (κ1) is 13.3. The molecule has 0 aliphatic carbocycles. The topological polar surface area (TPSA) is 53.3 Å². The van der Waals surface area contributed by atoms with Gasteiger partial charge in [0, 0.05) is 13.1 Å². The Hall–Kier alpha value is -2.69. The summed E-state index contributed by atoms with van der Waals surface area (Å²) in [5.74, 6) is -0.415. The van der Waals surface area contributed by atoms with Crippen LogP contribution in [0, 0.1) is 0 Å². The van der Waals surface area contributed by atoms with E-state index in [4.69, 9.17) is 0 Å². The molecule has 106 valence electrons. The Bertz CT molecular complexity index is 677. The van der Waals surface area contributed by atoms with Crippen LogP contribution in [0.4, 0.5) is 5.69 Å². The van der Waals surface area contributed by atoms with E-state index in [0.29, 0.717) is 24.2 Å². The Morgan fingerprint density at radius 2 is 1.71 bits per heavy atom. The van der Waals surface area contributed by atoms with Gasteiger partial charge in [0.25, 0.3) is 11.8 Å². The number of carbonyl (C=O) groups is 2. The number of anilines is 1. The number of pyridine rings is 1. The molecule has 0 fully saturated rings. The molecular formula is C16H16N3O2+. The number of hydrogen-bond donors (Lipinski definition) is 1. The van der Waals surface area contributed by atoms with Crippen molar-refractivity contribution < 1.29 is 14.2 Å². The molecule has 3 rings (SSSR count). The predicted octanol–water partition coefficient (Wildman–Crippen LogP) is 1.31. The van der Waals surface area contributed by atoms with Crippen LogP contribution in [0.15, 0.2) is 48.8 Å². The van der Waals surface area contributed by atoms with Gasteiger partial charge in [0.1, 0.15) is 0 Å². The van der Waals surface area contributed by atoms with Gasteiger partial charge in [-0.2, -0.15) is 0 Å². The van der Waals surface area contributed by atoms with Crippen LogP contribution in [0.2, 0.25) is 0 Å². The van der Waals surface area contributed by atoms with Crippen LogP contribution in [0.1, 0.15) is 20.7 Å². The molecule has 5 nitrogen and oxygen atoms in total. The van der Waals surface area contributed by atoms with Crippen molar-refractivity contribution in [2.24, 2.45) is 0 Å². The summed E-state index contributed by atoms with van der Waals surface area (Å²) in [6, 6.07) is 10.8. The highest BCUT2D eigenvalue weighted by Gasteiger charge is 2.35. The summed E-state index contributed by atoms with van der Waals surface area (Å²) < 4.78 is 1.95. The maximum absolute atomic E-state index is 12.2. The van der Waals surface area contributed by atoms with Crippen LogP contribution in [-0.2, 0) is 6.54 Å². The number of carbonyl (C=O) groups excluding carboxylic acids is 2. The van der Waals surface area contributed by atoms with Crippen molar-refractivity contribution in [3.63, 3.8) is 0 Å². The molecule has 2 heterocycles. The lowest BCUT2D eigenvalue weighted by atomic mass is 10.1. The maximum atomic E-state index is 12.2. The minimum absolute atomic E-state index is 0.207. The molecule has 1 N–H and O–H groups in total. The lowest BCUT2D eigenvalue weighted by Crippen LogP contribution is -2.42. The second-order valence-electron chi connectivity index (χ2n) is 4.89. The molecule has 1 aromatic carbocycles. The van der Waals surface area contributed by atoms with Gasteiger partial charge in [-0.3, -0.25) is 14.5 Å². The molecule has 0 bridgehead atoms. The molecule has 2 amide bonds. The molecule has 1 aliphatic rings. The van der Waals surface area contributed by atoms with E-state index in [0.717, 1.165) is 5.69 Å². The Morgan fingerprint density at radius 1 is 1.05 bits per heavy atom. The first-order chi connectivity index (χ1) is 10.2. The second kappa shape index (κ2) is 5.36. The standard InChI is InChI=1S/C16H16N3O2/c1-17-12-5-4-8-18(11-12)9-10-19-15(20)13-6-2-3-7-14(13)16(19)21/h2-8,11,17H,9-10H2,1H3/q+1. The van der Waals surface area contributed by atoms with Crippen LogP contribution in [-0.4, -0.2) is 30.3 Å². The lowest BCUT2D eigenvalue weighted by molar-refractivity contribution is -0.695. The van der Waals surface area contributed by atoms with Crippen molar-refractivity contribution in [1.82, 2.24) is 4.90 Å². The molecule has 0 atom stereocenters. The fourth-order valence-corrected chi connectivity index (χ4v) is 2.47. The van der Waals surface area contributed by atoms with Gasteiger partial charge in [0.15, 0.2) is 18.9 Å². The second-order valence-corrected chi connectivity index (χ2v) is 4.89. The van der Waals surface area contributed by atoms with E-state index in [1.807, 2.05) is 36.1 Å². The zero-order chi connectivity index (χ0) is 14.8. The SMILES string of the molecule is CNc1ccc[n+](CCN2C(=O)c3ccccc3C2=O)c1. The smallest absolute Gasteiger partial charge is 0.261 e. The number of nitrogens with zero attached hydrogens (tertiary/aromatic N) is 2. The summed E-state index contributed by atoms with van der Waals surface area (Å²) in [5, 5.41) is 3.06. The summed E-state index contributed by atoms with van der Waals surface area (Å²) in [5.41, 5.74) is 1.98. The Labute approximate surface area is 122 Å². The van der Waals surface area contributed by atoms with Gasteiger partial charge in [0.05, 0.1) is 23.4 Å². The largest absolute Gasteiger partial charge is 0.383 e. The third-order valence-corrected chi connectivity index (χ3v) is 3.61. The molecule has 1 aromatic heterocycles. The minimum Gasteiger partial charge on any atom is -0.383 e. The number of nitrogens with one attached hydrogen (secondary N) is 1. The summed E-state index contributed by atoms with van der Waals surface area (Å²) in [6.07, 6.45) is 3.86. The number of hydrogen-bond acceptors (Lipinski definition) is 3. The molecule has 0 unspecified atom stereocenters. The first-order valence-electron chi connectivity index (χ1n) is 6.83. The monoisotopic (exact) mass is 282 g/mol. The van der Waals surface area contributed by atoms with E-state index in [1.54, 1.807) is 24.3 Å². The number of imide groups is 1. The number of fused-ring (bicyclic) bond motifs is 1. The quantitative estimate of drug-likeness (QED) is 0.679. The van der Waals surface area contributed by atoms with Crippen molar-refractivity contribution in [2.45, 2.75) is 6.54 Å². The van der Waals surface area contributed by atoms with Gasteiger partial charge in [0.2, 0.25) is 0 Å². The Balaban J connectivity index is 1.75. The van der Waals surface area contributed by atoms with Gasteiger partial charge in [-0.1, -0.05) is 12.1 Å². The highest BCUT2D eigenvalue weighted by atomic mass is 16.2. The van der Waals surface area contributed by atoms with Gasteiger partial charge < -0.3 is 5.32 Å². The van der Waals surface area contributed by atoms with Crippen LogP contribution < -0.4 is 9.88 Å². The molecule has 5 heteroatoms. The van der Waals surface area contributed by atoms with Crippen molar-refractivity contribution in [3.05, 3.63) is 59.9 Å². The van der Waals surface area contributed by atoms with Crippen LogP contribution in [0.25, 0.3) is 0 Å². The zero-order valence-corrected chi connectivity index (χ0v) is 11.7. The lowest BCUT2D eigenvalue weighted by Gasteiger charge is -2.11. The molecule has 2 aromatic rings. The van der Waals surface area contributed by atoms with E-state index >= 15 is 0 Å². The highest BCUT2D eigenvalue weighted by molar-refractivity contribution is 6.21. The van der Waals surface area contributed by atoms with E-state index in [-0.39, 0.29) is 11.8 Å². The predicted molar refractivity (Wildman–Crippen MR) is 78.0 cm³/mol. The van der Waals surface area contributed by atoms with Gasteiger partial charge in [-0.05, 0) is 18.2 Å². The van der Waals surface area contributed by atoms with Crippen molar-refractivity contribution in [1.29, 1.82) is 0 Å². The van der Waals surface area contributed by atoms with E-state index in [9.17, 15) is 9.59 Å². The molecule has 0 spiro atoms. The number of rotatable bonds is 4. The Kier molecular flexibility index (Phi) is 3.39. The van der Waals surface area contributed by atoms with Crippen molar-refractivity contribution in [3.8, 4) is 0 Å². The summed E-state index contributed by atoms with van der Waals surface area (Å²) in [4.78, 5) is 25.8. The highest BCUT2D eigenvalue weighted by Crippen LogP contribution is 2.21. The normalized spacial score (nSPS) is 13.5. The Morgan fingerprint density at radius 3 is 2.33 bits per heavy atom. The van der Waals surface area contributed by atoms with Crippen molar-refractivity contribution in [2.75, 3.05) is 18.9 Å². The summed E-state index contributed by atoms with van der Waals surface area (Å²) in [6.45, 7) is 0.936. The van der Waals surface area contributed by atoms with E-state index < -0.39 is 0 Å². The molecule has 1 aliphatic heterocycles. The third-order valence-electron chi connectivity index (χ3n) is 3.61. The number of amides is 2. The molecule has 0 saturated carbocycles. The average Bonchev–Trinajstić information content (AvgIpc) is 2.78. The van der Waals surface area contributed by atoms with E-state index in [1.165, 1.54) is 4.90 Å². The van der Waals surface area contributed by atoms with Crippen LogP contribution in [0.3, 0.4) is 0 Å². The molecule has 21 heavy (non-hydrogen) atoms. The third kappa shape index (κ3) is 2.38. The van der Waals surface area contributed by atoms with E-state index in [2.05, 4.69) is 5.32 Å². The zero-order valence-electron chi connectivity index (χ0n) is 11.7. The first-order valence-corrected chi connectivity index (χ1v) is 6.83. The number of benzene rings is 1. The average molecular weight is 282 g/mol. The van der Waals surface area contributed by atoms with Gasteiger partial charge in [-0.25, -0.2) is 4.57 Å². The van der Waals surface area contributed by atoms with Crippen molar-refractivity contribution >= 4 is 17.5 Å². The summed E-state index contributed by atoms with van der Waals surface area (Å²) >= 11 is 0. The van der Waals surface area contributed by atoms with Gasteiger partial charge in [-0.15, -0.1) is 0 Å². The summed E-state index contributed by atoms with van der Waals surface area (Å²) in [7, 11) is 1.85. The minimum atomic E-state index is -0.207. The number of aromatic nitrogens is 1. The molecular weight excluding hydrogens is 266 g/mol. The van der Waals surface area contributed by atoms with Crippen LogP contribution in [0.5, 0.6) is 0 Å². The fraction of sp³-hybridized carbons (Fsp3) is 0.188. The molecule has 0 radical (unpaired) electrons. The molecule has 0 saturated heterocycles. The maximum Gasteiger partial charge on any atom is 0.261 e. The fourth-order valence-electron chi connectivity index (χ4n) is 2.47. The van der Waals surface area contributed by atoms with Crippen LogP contribution >= 0.6 is 0 Å². The van der Waals surface area contributed by atoms with Gasteiger partial charge >= 0.3 is 0 Å².